The molecule has 132 valence electrons. The number of rotatable bonds is 4. The molecule has 1 aliphatic heterocycles. The molecule has 3 rings (SSSR count). The predicted octanol–water partition coefficient (Wildman–Crippen LogP) is 4.40. The van der Waals surface area contributed by atoms with Crippen molar-refractivity contribution in [1.29, 1.82) is 0 Å². The summed E-state index contributed by atoms with van der Waals surface area (Å²) in [7, 11) is 0. The van der Waals surface area contributed by atoms with Crippen LogP contribution in [0.2, 0.25) is 5.02 Å². The maximum Gasteiger partial charge on any atom is 0.233 e. The van der Waals surface area contributed by atoms with Crippen molar-refractivity contribution >= 4 is 35.0 Å². The van der Waals surface area contributed by atoms with Gasteiger partial charge in [-0.15, -0.1) is 11.8 Å². The Hall–Kier alpha value is -1.65. The van der Waals surface area contributed by atoms with Gasteiger partial charge < -0.3 is 9.80 Å². The van der Waals surface area contributed by atoms with Gasteiger partial charge in [0.25, 0.3) is 0 Å². The standard InChI is InChI=1S/C20H23ClN2OS/c1-15-6-7-19(12-16(15)2)25-14-20(24)23-10-8-22(9-11-23)18-5-3-4-17(21)13-18/h3-7,12-13H,8-11,14H2,1-2H3. The number of carbonyl (C=O) groups excluding carboxylic acids is 1. The lowest BCUT2D eigenvalue weighted by molar-refractivity contribution is -0.128. The molecule has 25 heavy (non-hydrogen) atoms. The zero-order valence-electron chi connectivity index (χ0n) is 14.7. The predicted molar refractivity (Wildman–Crippen MR) is 107 cm³/mol. The summed E-state index contributed by atoms with van der Waals surface area (Å²) in [4.78, 5) is 17.9. The van der Waals surface area contributed by atoms with E-state index in [-0.39, 0.29) is 5.91 Å². The van der Waals surface area contributed by atoms with Gasteiger partial charge in [-0.1, -0.05) is 23.7 Å². The topological polar surface area (TPSA) is 23.6 Å². The average molecular weight is 375 g/mol. The fourth-order valence-electron chi connectivity index (χ4n) is 2.93. The monoisotopic (exact) mass is 374 g/mol. The van der Waals surface area contributed by atoms with Crippen LogP contribution in [0.3, 0.4) is 0 Å². The second kappa shape index (κ2) is 8.15. The molecular formula is C20H23ClN2OS. The van der Waals surface area contributed by atoms with Gasteiger partial charge in [-0.25, -0.2) is 0 Å². The van der Waals surface area contributed by atoms with Crippen LogP contribution < -0.4 is 4.90 Å². The zero-order chi connectivity index (χ0) is 17.8. The van der Waals surface area contributed by atoms with Crippen LogP contribution in [0, 0.1) is 13.8 Å². The normalized spacial score (nSPS) is 14.7. The van der Waals surface area contributed by atoms with E-state index in [1.165, 1.54) is 11.1 Å². The first-order valence-corrected chi connectivity index (χ1v) is 9.87. The lowest BCUT2D eigenvalue weighted by atomic mass is 10.1. The molecule has 0 atom stereocenters. The highest BCUT2D eigenvalue weighted by atomic mass is 35.5. The third-order valence-corrected chi connectivity index (χ3v) is 5.86. The molecule has 1 saturated heterocycles. The third-order valence-electron chi connectivity index (χ3n) is 4.65. The minimum absolute atomic E-state index is 0.217. The first-order chi connectivity index (χ1) is 12.0. The molecule has 0 bridgehead atoms. The SMILES string of the molecule is Cc1ccc(SCC(=O)N2CCN(c3cccc(Cl)c3)CC2)cc1C. The number of benzene rings is 2. The van der Waals surface area contributed by atoms with Crippen molar-refractivity contribution in [2.24, 2.45) is 0 Å². The van der Waals surface area contributed by atoms with Crippen molar-refractivity contribution in [3.8, 4) is 0 Å². The Bertz CT molecular complexity index is 757. The molecule has 5 heteroatoms. The lowest BCUT2D eigenvalue weighted by Gasteiger charge is -2.36. The first kappa shape index (κ1) is 18.2. The summed E-state index contributed by atoms with van der Waals surface area (Å²) in [6.45, 7) is 7.43. The minimum atomic E-state index is 0.217. The smallest absolute Gasteiger partial charge is 0.233 e. The van der Waals surface area contributed by atoms with Crippen molar-refractivity contribution in [3.63, 3.8) is 0 Å². The number of aryl methyl sites for hydroxylation is 2. The van der Waals surface area contributed by atoms with Gasteiger partial charge in [0.15, 0.2) is 0 Å². The molecule has 2 aromatic carbocycles. The fourth-order valence-corrected chi connectivity index (χ4v) is 4.01. The number of hydrogen-bond acceptors (Lipinski definition) is 3. The number of piperazine rings is 1. The number of thioether (sulfide) groups is 1. The van der Waals surface area contributed by atoms with Crippen molar-refractivity contribution in [1.82, 2.24) is 4.90 Å². The van der Waals surface area contributed by atoms with E-state index in [2.05, 4.69) is 43.0 Å². The van der Waals surface area contributed by atoms with Crippen LogP contribution in [0.25, 0.3) is 0 Å². The quantitative estimate of drug-likeness (QED) is 0.741. The molecule has 0 saturated carbocycles. The molecule has 0 aromatic heterocycles. The van der Waals surface area contributed by atoms with Crippen LogP contribution >= 0.6 is 23.4 Å². The molecule has 1 heterocycles. The van der Waals surface area contributed by atoms with Gasteiger partial charge in [0.05, 0.1) is 5.75 Å². The highest BCUT2D eigenvalue weighted by molar-refractivity contribution is 8.00. The van der Waals surface area contributed by atoms with Crippen LogP contribution in [-0.2, 0) is 4.79 Å². The average Bonchev–Trinajstić information content (AvgIpc) is 2.62. The van der Waals surface area contributed by atoms with Crippen molar-refractivity contribution in [2.45, 2.75) is 18.7 Å². The van der Waals surface area contributed by atoms with E-state index < -0.39 is 0 Å². The summed E-state index contributed by atoms with van der Waals surface area (Å²) in [6, 6.07) is 14.3. The second-order valence-corrected chi connectivity index (χ2v) is 7.87. The number of carbonyl (C=O) groups is 1. The number of anilines is 1. The lowest BCUT2D eigenvalue weighted by Crippen LogP contribution is -2.49. The van der Waals surface area contributed by atoms with Gasteiger partial charge in [0.2, 0.25) is 5.91 Å². The van der Waals surface area contributed by atoms with E-state index >= 15 is 0 Å². The molecule has 3 nitrogen and oxygen atoms in total. The van der Waals surface area contributed by atoms with Crippen molar-refractivity contribution < 1.29 is 4.79 Å². The van der Waals surface area contributed by atoms with E-state index in [1.54, 1.807) is 11.8 Å². The van der Waals surface area contributed by atoms with Gasteiger partial charge in [-0.2, -0.15) is 0 Å². The van der Waals surface area contributed by atoms with E-state index in [4.69, 9.17) is 11.6 Å². The summed E-state index contributed by atoms with van der Waals surface area (Å²) >= 11 is 7.69. The fraction of sp³-hybridized carbons (Fsp3) is 0.350. The zero-order valence-corrected chi connectivity index (χ0v) is 16.2. The number of nitrogens with zero attached hydrogens (tertiary/aromatic N) is 2. The first-order valence-electron chi connectivity index (χ1n) is 8.51. The highest BCUT2D eigenvalue weighted by Crippen LogP contribution is 2.23. The van der Waals surface area contributed by atoms with Crippen molar-refractivity contribution in [3.05, 3.63) is 58.6 Å². The molecule has 1 amide bonds. The molecular weight excluding hydrogens is 352 g/mol. The highest BCUT2D eigenvalue weighted by Gasteiger charge is 2.21. The Balaban J connectivity index is 1.50. The second-order valence-electron chi connectivity index (χ2n) is 6.38. The van der Waals surface area contributed by atoms with Gasteiger partial charge in [0.1, 0.15) is 0 Å². The summed E-state index contributed by atoms with van der Waals surface area (Å²) < 4.78 is 0. The summed E-state index contributed by atoms with van der Waals surface area (Å²) in [6.07, 6.45) is 0. The molecule has 0 aliphatic carbocycles. The summed E-state index contributed by atoms with van der Waals surface area (Å²) in [5.74, 6) is 0.716. The molecule has 0 spiro atoms. The van der Waals surface area contributed by atoms with Gasteiger partial charge >= 0.3 is 0 Å². The van der Waals surface area contributed by atoms with E-state index in [0.29, 0.717) is 5.75 Å². The van der Waals surface area contributed by atoms with Crippen LogP contribution in [0.4, 0.5) is 5.69 Å². The van der Waals surface area contributed by atoms with Gasteiger partial charge in [-0.05, 0) is 55.3 Å². The molecule has 2 aromatic rings. The Morgan fingerprint density at radius 1 is 1.04 bits per heavy atom. The minimum Gasteiger partial charge on any atom is -0.368 e. The Morgan fingerprint density at radius 2 is 1.80 bits per heavy atom. The van der Waals surface area contributed by atoms with Crippen LogP contribution in [0.1, 0.15) is 11.1 Å². The largest absolute Gasteiger partial charge is 0.368 e. The van der Waals surface area contributed by atoms with Crippen molar-refractivity contribution in [2.75, 3.05) is 36.8 Å². The Kier molecular flexibility index (Phi) is 5.92. The van der Waals surface area contributed by atoms with Gasteiger partial charge in [-0.3, -0.25) is 4.79 Å². The molecule has 0 unspecified atom stereocenters. The Morgan fingerprint density at radius 3 is 2.48 bits per heavy atom. The van der Waals surface area contributed by atoms with Crippen LogP contribution in [0.15, 0.2) is 47.4 Å². The van der Waals surface area contributed by atoms with Crippen LogP contribution in [-0.4, -0.2) is 42.7 Å². The number of halogens is 1. The maximum atomic E-state index is 12.5. The maximum absolute atomic E-state index is 12.5. The number of amides is 1. The van der Waals surface area contributed by atoms with E-state index in [1.807, 2.05) is 23.1 Å². The third kappa shape index (κ3) is 4.71. The molecule has 1 aliphatic rings. The summed E-state index contributed by atoms with van der Waals surface area (Å²) in [5.41, 5.74) is 3.68. The van der Waals surface area contributed by atoms with Gasteiger partial charge in [0, 0.05) is 41.8 Å². The van der Waals surface area contributed by atoms with E-state index in [9.17, 15) is 4.79 Å². The summed E-state index contributed by atoms with van der Waals surface area (Å²) in [5, 5.41) is 0.751. The molecule has 1 fully saturated rings. The van der Waals surface area contributed by atoms with Crippen LogP contribution in [0.5, 0.6) is 0 Å². The Labute approximate surface area is 159 Å². The van der Waals surface area contributed by atoms with E-state index in [0.717, 1.165) is 41.8 Å². The number of hydrogen-bond donors (Lipinski definition) is 0. The molecule has 0 N–H and O–H groups in total. The molecule has 0 radical (unpaired) electrons.